The van der Waals surface area contributed by atoms with Gasteiger partial charge >= 0.3 is 0 Å². The number of hydrogen-bond acceptors (Lipinski definition) is 6. The number of benzene rings is 1. The lowest BCUT2D eigenvalue weighted by molar-refractivity contribution is -0.144. The molecule has 2 N–H and O–H groups in total. The number of nitrogens with one attached hydrogen (secondary N) is 2. The van der Waals surface area contributed by atoms with Crippen LogP contribution in [-0.2, 0) is 4.79 Å². The van der Waals surface area contributed by atoms with Crippen LogP contribution in [0.4, 0.5) is 0 Å². The van der Waals surface area contributed by atoms with Gasteiger partial charge in [-0.05, 0) is 43.1 Å². The van der Waals surface area contributed by atoms with Gasteiger partial charge in [-0.25, -0.2) is 0 Å². The number of halogens is 3. The second-order valence-corrected chi connectivity index (χ2v) is 13.2. The number of nitrogens with zero attached hydrogens (tertiary/aromatic N) is 3. The fourth-order valence-electron chi connectivity index (χ4n) is 7.92. The molecule has 1 aromatic rings. The van der Waals surface area contributed by atoms with Crippen LogP contribution in [0.3, 0.4) is 0 Å². The van der Waals surface area contributed by atoms with Gasteiger partial charge in [0.1, 0.15) is 0 Å². The largest absolute Gasteiger partial charge is 1.00 e. The van der Waals surface area contributed by atoms with Gasteiger partial charge in [0.15, 0.2) is 5.17 Å². The van der Waals surface area contributed by atoms with E-state index < -0.39 is 0 Å². The first-order chi connectivity index (χ1) is 17.6. The Balaban J connectivity index is 0.00000140. The van der Waals surface area contributed by atoms with Crippen molar-refractivity contribution in [3.05, 3.63) is 35.9 Å². The van der Waals surface area contributed by atoms with E-state index in [9.17, 15) is 4.79 Å². The van der Waals surface area contributed by atoms with Gasteiger partial charge in [0.2, 0.25) is 5.91 Å². The molecule has 6 nitrogen and oxygen atoms in total. The first kappa shape index (κ1) is 32.8. The molecule has 5 aliphatic rings. The Hall–Kier alpha value is -0.700. The second kappa shape index (κ2) is 14.0. The molecule has 0 radical (unpaired) electrons. The molecule has 220 valence electrons. The molecule has 4 heterocycles. The van der Waals surface area contributed by atoms with Crippen LogP contribution in [0.2, 0.25) is 0 Å². The van der Waals surface area contributed by atoms with Crippen molar-refractivity contribution in [2.75, 3.05) is 46.8 Å². The molecule has 2 unspecified atom stereocenters. The summed E-state index contributed by atoms with van der Waals surface area (Å²) in [6, 6.07) is 11.7. The van der Waals surface area contributed by atoms with E-state index in [1.54, 1.807) is 0 Å². The third-order valence-corrected chi connectivity index (χ3v) is 11.5. The molecule has 4 aliphatic heterocycles. The molecule has 1 spiro atoms. The second-order valence-electron chi connectivity index (χ2n) is 12.1. The van der Waals surface area contributed by atoms with Crippen molar-refractivity contribution in [1.82, 2.24) is 20.4 Å². The minimum Gasteiger partial charge on any atom is -1.00 e. The number of fused-ring (bicyclic) bond motifs is 2. The highest BCUT2D eigenvalue weighted by atomic mass is 35.5. The standard InChI is InChI=1S/C29H43N5OS.3ClH/c1-33(2)28-32-24-17-31-19-29(26(24)36-28)18-30-16-23(29)27(35)34-14-13-22(20-9-5-3-6-10-20)15-25(34)21-11-7-4-8-12-21;;;/h3,5-6,9-10,21-26,30-31H,4,7-8,11-19H2,1-2H3;3*1H/p-3/t22-,23+,24?,25+,26?,29+;;;/m1.../s1. The molecule has 0 aromatic heterocycles. The number of thioether (sulfide) groups is 1. The Bertz CT molecular complexity index is 979. The number of amidine groups is 1. The molecule has 4 fully saturated rings. The van der Waals surface area contributed by atoms with Gasteiger partial charge in [-0.2, -0.15) is 0 Å². The number of likely N-dealkylation sites (tertiary alicyclic amines) is 1. The average Bonchev–Trinajstić information content (AvgIpc) is 3.55. The molecule has 6 rings (SSSR count). The van der Waals surface area contributed by atoms with Gasteiger partial charge in [0.05, 0.1) is 12.0 Å². The highest BCUT2D eigenvalue weighted by Crippen LogP contribution is 2.50. The molecule has 1 aromatic carbocycles. The Morgan fingerprint density at radius 1 is 1.00 bits per heavy atom. The first-order valence-electron chi connectivity index (χ1n) is 14.3. The molecular weight excluding hydrogens is 573 g/mol. The maximum absolute atomic E-state index is 14.6. The first-order valence-corrected chi connectivity index (χ1v) is 15.1. The number of rotatable bonds is 3. The van der Waals surface area contributed by atoms with Crippen LogP contribution in [0.5, 0.6) is 0 Å². The number of carbonyl (C=O) groups excluding carboxylic acids is 1. The van der Waals surface area contributed by atoms with Gasteiger partial charge < -0.3 is 57.7 Å². The van der Waals surface area contributed by atoms with Crippen LogP contribution < -0.4 is 47.9 Å². The van der Waals surface area contributed by atoms with E-state index in [2.05, 4.69) is 64.9 Å². The predicted molar refractivity (Wildman–Crippen MR) is 148 cm³/mol. The van der Waals surface area contributed by atoms with Gasteiger partial charge in [-0.3, -0.25) is 9.79 Å². The number of piperidine rings is 2. The van der Waals surface area contributed by atoms with Crippen molar-refractivity contribution in [1.29, 1.82) is 0 Å². The summed E-state index contributed by atoms with van der Waals surface area (Å²) in [5.41, 5.74) is 1.39. The Morgan fingerprint density at radius 3 is 2.38 bits per heavy atom. The van der Waals surface area contributed by atoms with Crippen molar-refractivity contribution in [3.8, 4) is 0 Å². The quantitative estimate of drug-likeness (QED) is 0.356. The lowest BCUT2D eigenvalue weighted by Crippen LogP contribution is -3.00. The van der Waals surface area contributed by atoms with E-state index in [1.807, 2.05) is 11.8 Å². The average molecular weight is 616 g/mol. The fraction of sp³-hybridized carbons (Fsp3) is 0.724. The van der Waals surface area contributed by atoms with Crippen molar-refractivity contribution < 1.29 is 42.0 Å². The maximum atomic E-state index is 14.6. The zero-order valence-corrected chi connectivity index (χ0v) is 26.2. The van der Waals surface area contributed by atoms with Crippen LogP contribution in [0.15, 0.2) is 35.3 Å². The third kappa shape index (κ3) is 6.24. The van der Waals surface area contributed by atoms with Gasteiger partial charge in [0, 0.05) is 63.5 Å². The summed E-state index contributed by atoms with van der Waals surface area (Å²) in [7, 11) is 4.18. The zero-order valence-electron chi connectivity index (χ0n) is 23.1. The lowest BCUT2D eigenvalue weighted by atomic mass is 9.69. The SMILES string of the molecule is CN(C)C1=NC2CNC[C@]3(CNC[C@H]3C(=O)N3CC[C@@H](c4ccccc4)C[C@H]3C3CCCCC3)C2S1.[Cl-].[Cl-].[Cl-]. The number of hydrogen-bond donors (Lipinski definition) is 2. The summed E-state index contributed by atoms with van der Waals surface area (Å²) in [6.07, 6.45) is 8.78. The van der Waals surface area contributed by atoms with Gasteiger partial charge in [-0.1, -0.05) is 61.4 Å². The molecule has 1 saturated carbocycles. The number of aliphatic imine (C=N–C) groups is 1. The van der Waals surface area contributed by atoms with Crippen molar-refractivity contribution in [3.63, 3.8) is 0 Å². The molecule has 39 heavy (non-hydrogen) atoms. The Labute approximate surface area is 257 Å². The van der Waals surface area contributed by atoms with Gasteiger partial charge in [0.25, 0.3) is 0 Å². The lowest BCUT2D eigenvalue weighted by Gasteiger charge is -2.49. The summed E-state index contributed by atoms with van der Waals surface area (Å²) in [5.74, 6) is 1.67. The molecule has 3 saturated heterocycles. The maximum Gasteiger partial charge on any atom is 0.227 e. The fourth-order valence-corrected chi connectivity index (χ4v) is 9.43. The van der Waals surface area contributed by atoms with Crippen LogP contribution in [0.25, 0.3) is 0 Å². The van der Waals surface area contributed by atoms with Crippen molar-refractivity contribution in [2.45, 2.75) is 68.2 Å². The van der Waals surface area contributed by atoms with E-state index in [4.69, 9.17) is 4.99 Å². The summed E-state index contributed by atoms with van der Waals surface area (Å²) >= 11 is 1.92. The normalized spacial score (nSPS) is 34.3. The van der Waals surface area contributed by atoms with E-state index in [0.29, 0.717) is 29.0 Å². The number of amides is 1. The van der Waals surface area contributed by atoms with Crippen molar-refractivity contribution >= 4 is 22.8 Å². The Kier molecular flexibility index (Phi) is 11.8. The highest BCUT2D eigenvalue weighted by molar-refractivity contribution is 8.14. The van der Waals surface area contributed by atoms with Crippen LogP contribution >= 0.6 is 11.8 Å². The third-order valence-electron chi connectivity index (χ3n) is 9.80. The van der Waals surface area contributed by atoms with Crippen LogP contribution in [0.1, 0.15) is 56.4 Å². The van der Waals surface area contributed by atoms with E-state index in [-0.39, 0.29) is 54.6 Å². The molecule has 1 amide bonds. The molecule has 10 heteroatoms. The Morgan fingerprint density at radius 2 is 1.69 bits per heavy atom. The van der Waals surface area contributed by atoms with Crippen LogP contribution in [-0.4, -0.2) is 85.0 Å². The highest BCUT2D eigenvalue weighted by Gasteiger charge is 2.59. The monoisotopic (exact) mass is 614 g/mol. The smallest absolute Gasteiger partial charge is 0.227 e. The van der Waals surface area contributed by atoms with E-state index in [0.717, 1.165) is 50.7 Å². The minimum absolute atomic E-state index is 0. The summed E-state index contributed by atoms with van der Waals surface area (Å²) in [4.78, 5) is 24.2. The van der Waals surface area contributed by atoms with E-state index >= 15 is 0 Å². The topological polar surface area (TPSA) is 60.0 Å². The zero-order chi connectivity index (χ0) is 24.7. The minimum atomic E-state index is -0.0701. The molecular formula is C29H43Cl3N5OS-3. The molecule has 6 atom stereocenters. The summed E-state index contributed by atoms with van der Waals surface area (Å²) in [6.45, 7) is 4.45. The van der Waals surface area contributed by atoms with Crippen molar-refractivity contribution in [2.24, 2.45) is 22.2 Å². The van der Waals surface area contributed by atoms with Crippen LogP contribution in [0, 0.1) is 17.3 Å². The summed E-state index contributed by atoms with van der Waals surface area (Å²) < 4.78 is 0. The van der Waals surface area contributed by atoms with Gasteiger partial charge in [-0.15, -0.1) is 0 Å². The number of carbonyl (C=O) groups is 1. The molecule has 0 bridgehead atoms. The van der Waals surface area contributed by atoms with E-state index in [1.165, 1.54) is 37.7 Å². The summed E-state index contributed by atoms with van der Waals surface area (Å²) in [5, 5.41) is 8.85. The molecule has 1 aliphatic carbocycles. The predicted octanol–water partition coefficient (Wildman–Crippen LogP) is -5.44.